The number of amides is 1. The minimum atomic E-state index is -1.00. The smallest absolute Gasteiger partial charge is 0.323 e. The maximum atomic E-state index is 11.9. The van der Waals surface area contributed by atoms with Gasteiger partial charge in [-0.2, -0.15) is 0 Å². The number of hydrogen-bond acceptors (Lipinski definition) is 3. The standard InChI is InChI=1S/C11H22N2O3/c1-4-6-9(12)11(16)13(7-10(14)15)8(3)5-2/h8-9H,4-7,12H2,1-3H3,(H,14,15). The lowest BCUT2D eigenvalue weighted by molar-refractivity contribution is -0.146. The van der Waals surface area contributed by atoms with E-state index < -0.39 is 12.0 Å². The van der Waals surface area contributed by atoms with E-state index in [2.05, 4.69) is 0 Å². The number of nitrogens with two attached hydrogens (primary N) is 1. The zero-order valence-corrected chi connectivity index (χ0v) is 10.3. The molecular formula is C11H22N2O3. The summed E-state index contributed by atoms with van der Waals surface area (Å²) >= 11 is 0. The Morgan fingerprint density at radius 1 is 1.38 bits per heavy atom. The highest BCUT2D eigenvalue weighted by atomic mass is 16.4. The van der Waals surface area contributed by atoms with Gasteiger partial charge in [0, 0.05) is 6.04 Å². The van der Waals surface area contributed by atoms with E-state index in [1.54, 1.807) is 0 Å². The second kappa shape index (κ2) is 7.22. The molecule has 5 heteroatoms. The maximum Gasteiger partial charge on any atom is 0.323 e. The summed E-state index contributed by atoms with van der Waals surface area (Å²) in [7, 11) is 0. The van der Waals surface area contributed by atoms with E-state index in [9.17, 15) is 9.59 Å². The predicted molar refractivity (Wildman–Crippen MR) is 62.0 cm³/mol. The molecule has 0 radical (unpaired) electrons. The third-order valence-corrected chi connectivity index (χ3v) is 2.63. The summed E-state index contributed by atoms with van der Waals surface area (Å²) in [6.07, 6.45) is 2.12. The summed E-state index contributed by atoms with van der Waals surface area (Å²) in [6.45, 7) is 5.42. The van der Waals surface area contributed by atoms with Gasteiger partial charge in [0.15, 0.2) is 0 Å². The molecule has 0 rings (SSSR count). The summed E-state index contributed by atoms with van der Waals surface area (Å²) in [4.78, 5) is 23.9. The van der Waals surface area contributed by atoms with Crippen molar-refractivity contribution in [2.75, 3.05) is 6.54 Å². The number of aliphatic carboxylic acids is 1. The summed E-state index contributed by atoms with van der Waals surface area (Å²) in [5.74, 6) is -1.27. The minimum absolute atomic E-state index is 0.0912. The Morgan fingerprint density at radius 2 is 1.94 bits per heavy atom. The molecule has 0 aromatic rings. The first-order valence-corrected chi connectivity index (χ1v) is 5.71. The first-order valence-electron chi connectivity index (χ1n) is 5.71. The molecule has 0 aromatic heterocycles. The van der Waals surface area contributed by atoms with Crippen LogP contribution >= 0.6 is 0 Å². The van der Waals surface area contributed by atoms with Gasteiger partial charge in [-0.1, -0.05) is 20.3 Å². The summed E-state index contributed by atoms with van der Waals surface area (Å²) in [6, 6.07) is -0.676. The normalized spacial score (nSPS) is 14.2. The maximum absolute atomic E-state index is 11.9. The first kappa shape index (κ1) is 14.9. The molecule has 94 valence electrons. The van der Waals surface area contributed by atoms with Gasteiger partial charge < -0.3 is 15.7 Å². The van der Waals surface area contributed by atoms with Crippen molar-refractivity contribution in [2.45, 2.75) is 52.1 Å². The van der Waals surface area contributed by atoms with E-state index in [1.807, 2.05) is 20.8 Å². The number of carboxylic acid groups (broad SMARTS) is 1. The highest BCUT2D eigenvalue weighted by molar-refractivity contribution is 5.85. The lowest BCUT2D eigenvalue weighted by Gasteiger charge is -2.29. The van der Waals surface area contributed by atoms with Crippen molar-refractivity contribution < 1.29 is 14.7 Å². The van der Waals surface area contributed by atoms with Crippen LogP contribution in [-0.2, 0) is 9.59 Å². The number of rotatable bonds is 7. The molecule has 0 saturated carbocycles. The molecule has 0 spiro atoms. The Balaban J connectivity index is 4.61. The zero-order chi connectivity index (χ0) is 12.7. The molecular weight excluding hydrogens is 208 g/mol. The fourth-order valence-corrected chi connectivity index (χ4v) is 1.46. The van der Waals surface area contributed by atoms with Crippen molar-refractivity contribution in [1.29, 1.82) is 0 Å². The summed E-state index contributed by atoms with van der Waals surface area (Å²) in [5, 5.41) is 8.75. The molecule has 2 atom stereocenters. The van der Waals surface area contributed by atoms with Crippen LogP contribution in [0.3, 0.4) is 0 Å². The van der Waals surface area contributed by atoms with E-state index in [0.717, 1.165) is 12.8 Å². The molecule has 0 heterocycles. The van der Waals surface area contributed by atoms with Gasteiger partial charge in [0.1, 0.15) is 6.54 Å². The van der Waals surface area contributed by atoms with Gasteiger partial charge in [-0.15, -0.1) is 0 Å². The summed E-state index contributed by atoms with van der Waals surface area (Å²) < 4.78 is 0. The third-order valence-electron chi connectivity index (χ3n) is 2.63. The Morgan fingerprint density at radius 3 is 2.31 bits per heavy atom. The van der Waals surface area contributed by atoms with E-state index in [1.165, 1.54) is 4.90 Å². The highest BCUT2D eigenvalue weighted by Gasteiger charge is 2.25. The number of nitrogens with zero attached hydrogens (tertiary/aromatic N) is 1. The molecule has 16 heavy (non-hydrogen) atoms. The average Bonchev–Trinajstić information content (AvgIpc) is 2.24. The van der Waals surface area contributed by atoms with Gasteiger partial charge in [0.05, 0.1) is 6.04 Å². The van der Waals surface area contributed by atoms with Crippen LogP contribution in [0.15, 0.2) is 0 Å². The number of carbonyl (C=O) groups is 2. The van der Waals surface area contributed by atoms with Crippen molar-refractivity contribution in [1.82, 2.24) is 4.90 Å². The van der Waals surface area contributed by atoms with Gasteiger partial charge in [-0.05, 0) is 19.8 Å². The van der Waals surface area contributed by atoms with Crippen molar-refractivity contribution in [3.8, 4) is 0 Å². The second-order valence-electron chi connectivity index (χ2n) is 4.01. The van der Waals surface area contributed by atoms with E-state index in [-0.39, 0.29) is 18.5 Å². The molecule has 5 nitrogen and oxygen atoms in total. The van der Waals surface area contributed by atoms with Crippen LogP contribution in [0.4, 0.5) is 0 Å². The quantitative estimate of drug-likeness (QED) is 0.678. The van der Waals surface area contributed by atoms with E-state index in [0.29, 0.717) is 6.42 Å². The van der Waals surface area contributed by atoms with Gasteiger partial charge >= 0.3 is 5.97 Å². The number of carboxylic acids is 1. The number of hydrogen-bond donors (Lipinski definition) is 2. The lowest BCUT2D eigenvalue weighted by atomic mass is 10.1. The predicted octanol–water partition coefficient (Wildman–Crippen LogP) is 0.825. The van der Waals surface area contributed by atoms with Gasteiger partial charge in [0.2, 0.25) is 5.91 Å². The zero-order valence-electron chi connectivity index (χ0n) is 10.3. The van der Waals surface area contributed by atoms with Crippen LogP contribution in [0, 0.1) is 0 Å². The Labute approximate surface area is 96.6 Å². The van der Waals surface area contributed by atoms with Crippen molar-refractivity contribution in [3.63, 3.8) is 0 Å². The van der Waals surface area contributed by atoms with Gasteiger partial charge in [-0.25, -0.2) is 0 Å². The fraction of sp³-hybridized carbons (Fsp3) is 0.818. The van der Waals surface area contributed by atoms with Crippen LogP contribution in [-0.4, -0.2) is 40.5 Å². The Kier molecular flexibility index (Phi) is 6.72. The molecule has 0 saturated heterocycles. The van der Waals surface area contributed by atoms with Gasteiger partial charge in [-0.3, -0.25) is 9.59 Å². The van der Waals surface area contributed by atoms with E-state index >= 15 is 0 Å². The molecule has 1 amide bonds. The number of carbonyl (C=O) groups excluding carboxylic acids is 1. The molecule has 0 bridgehead atoms. The lowest BCUT2D eigenvalue weighted by Crippen LogP contribution is -2.49. The van der Waals surface area contributed by atoms with Crippen LogP contribution in [0.2, 0.25) is 0 Å². The second-order valence-corrected chi connectivity index (χ2v) is 4.01. The summed E-state index contributed by atoms with van der Waals surface area (Å²) in [5.41, 5.74) is 5.71. The molecule has 3 N–H and O–H groups in total. The van der Waals surface area contributed by atoms with Crippen LogP contribution in [0.25, 0.3) is 0 Å². The highest BCUT2D eigenvalue weighted by Crippen LogP contribution is 2.07. The molecule has 0 fully saturated rings. The Hall–Kier alpha value is -1.10. The average molecular weight is 230 g/mol. The topological polar surface area (TPSA) is 83.6 Å². The molecule has 0 aliphatic carbocycles. The monoisotopic (exact) mass is 230 g/mol. The molecule has 0 aromatic carbocycles. The van der Waals surface area contributed by atoms with Crippen LogP contribution in [0.5, 0.6) is 0 Å². The van der Waals surface area contributed by atoms with Crippen molar-refractivity contribution >= 4 is 11.9 Å². The molecule has 2 unspecified atom stereocenters. The van der Waals surface area contributed by atoms with Crippen molar-refractivity contribution in [3.05, 3.63) is 0 Å². The van der Waals surface area contributed by atoms with Gasteiger partial charge in [0.25, 0.3) is 0 Å². The minimum Gasteiger partial charge on any atom is -0.480 e. The SMILES string of the molecule is CCCC(N)C(=O)N(CC(=O)O)C(C)CC. The van der Waals surface area contributed by atoms with Crippen LogP contribution < -0.4 is 5.73 Å². The Bertz CT molecular complexity index is 243. The molecule has 0 aliphatic heterocycles. The van der Waals surface area contributed by atoms with Crippen molar-refractivity contribution in [2.24, 2.45) is 5.73 Å². The fourth-order valence-electron chi connectivity index (χ4n) is 1.46. The van der Waals surface area contributed by atoms with E-state index in [4.69, 9.17) is 10.8 Å². The van der Waals surface area contributed by atoms with Crippen LogP contribution in [0.1, 0.15) is 40.0 Å². The largest absolute Gasteiger partial charge is 0.480 e. The molecule has 0 aliphatic rings. The third kappa shape index (κ3) is 4.61. The first-order chi connectivity index (χ1) is 7.43.